The van der Waals surface area contributed by atoms with Crippen molar-refractivity contribution < 1.29 is 9.53 Å². The number of ether oxygens (including phenoxy) is 1. The lowest BCUT2D eigenvalue weighted by molar-refractivity contribution is 0.241. The molecule has 0 aliphatic heterocycles. The molecule has 2 N–H and O–H groups in total. The van der Waals surface area contributed by atoms with Crippen molar-refractivity contribution in [3.05, 3.63) is 36.0 Å². The van der Waals surface area contributed by atoms with E-state index in [4.69, 9.17) is 4.74 Å². The maximum atomic E-state index is 11.4. The Bertz CT molecular complexity index is 399. The van der Waals surface area contributed by atoms with Crippen LogP contribution in [0.25, 0.3) is 6.08 Å². The second kappa shape index (κ2) is 7.37. The molecule has 4 heteroatoms. The van der Waals surface area contributed by atoms with Crippen LogP contribution in [-0.2, 0) is 0 Å². The van der Waals surface area contributed by atoms with E-state index < -0.39 is 0 Å². The van der Waals surface area contributed by atoms with Crippen LogP contribution in [0.5, 0.6) is 5.75 Å². The number of benzene rings is 1. The summed E-state index contributed by atoms with van der Waals surface area (Å²) >= 11 is 0. The molecule has 1 aromatic rings. The highest BCUT2D eigenvalue weighted by atomic mass is 16.5. The first-order chi connectivity index (χ1) is 8.65. The molecule has 0 heterocycles. The van der Waals surface area contributed by atoms with Gasteiger partial charge in [-0.3, -0.25) is 0 Å². The smallest absolute Gasteiger partial charge is 0.318 e. The fourth-order valence-electron chi connectivity index (χ4n) is 1.30. The lowest BCUT2D eigenvalue weighted by atomic mass is 10.2. The van der Waals surface area contributed by atoms with E-state index in [0.29, 0.717) is 0 Å². The Balaban J connectivity index is 2.42. The molecule has 1 rings (SSSR count). The van der Waals surface area contributed by atoms with Crippen LogP contribution in [0, 0.1) is 0 Å². The van der Waals surface area contributed by atoms with Gasteiger partial charge in [0.2, 0.25) is 0 Å². The third-order valence-corrected chi connectivity index (χ3v) is 2.60. The molecule has 0 fully saturated rings. The van der Waals surface area contributed by atoms with Crippen LogP contribution in [-0.4, -0.2) is 19.2 Å². The third-order valence-electron chi connectivity index (χ3n) is 2.60. The topological polar surface area (TPSA) is 50.4 Å². The summed E-state index contributed by atoms with van der Waals surface area (Å²) in [6.45, 7) is 3.99. The van der Waals surface area contributed by atoms with Crippen LogP contribution in [0.15, 0.2) is 30.5 Å². The summed E-state index contributed by atoms with van der Waals surface area (Å²) in [6, 6.07) is 7.58. The first kappa shape index (κ1) is 14.1. The van der Waals surface area contributed by atoms with E-state index in [2.05, 4.69) is 10.6 Å². The zero-order valence-corrected chi connectivity index (χ0v) is 11.1. The normalized spacial score (nSPS) is 12.2. The lowest BCUT2D eigenvalue weighted by Gasteiger charge is -2.10. The predicted octanol–water partition coefficient (Wildman–Crippen LogP) is 2.76. The van der Waals surface area contributed by atoms with Crippen LogP contribution in [0.3, 0.4) is 0 Å². The minimum Gasteiger partial charge on any atom is -0.497 e. The van der Waals surface area contributed by atoms with Gasteiger partial charge in [-0.05, 0) is 37.1 Å². The molecule has 1 unspecified atom stereocenters. The number of rotatable bonds is 5. The number of methoxy groups -OCH3 is 1. The molecule has 0 bridgehead atoms. The second-order valence-corrected chi connectivity index (χ2v) is 4.03. The maximum absolute atomic E-state index is 11.4. The summed E-state index contributed by atoms with van der Waals surface area (Å²) in [5.41, 5.74) is 1.000. The van der Waals surface area contributed by atoms with Crippen LogP contribution < -0.4 is 15.4 Å². The van der Waals surface area contributed by atoms with E-state index >= 15 is 0 Å². The van der Waals surface area contributed by atoms with Crippen molar-refractivity contribution in [2.24, 2.45) is 0 Å². The molecule has 0 aromatic heterocycles. The van der Waals surface area contributed by atoms with Gasteiger partial charge >= 0.3 is 6.03 Å². The zero-order chi connectivity index (χ0) is 13.4. The highest BCUT2D eigenvalue weighted by Crippen LogP contribution is 2.11. The van der Waals surface area contributed by atoms with E-state index in [1.807, 2.05) is 44.2 Å². The van der Waals surface area contributed by atoms with Gasteiger partial charge in [0.25, 0.3) is 0 Å². The monoisotopic (exact) mass is 248 g/mol. The molecular weight excluding hydrogens is 228 g/mol. The molecule has 0 aliphatic rings. The van der Waals surface area contributed by atoms with Gasteiger partial charge in [-0.1, -0.05) is 19.1 Å². The average molecular weight is 248 g/mol. The van der Waals surface area contributed by atoms with Crippen molar-refractivity contribution >= 4 is 12.1 Å². The number of carbonyl (C=O) groups excluding carboxylic acids is 1. The highest BCUT2D eigenvalue weighted by molar-refractivity contribution is 5.76. The molecule has 18 heavy (non-hydrogen) atoms. The van der Waals surface area contributed by atoms with Crippen molar-refractivity contribution in [1.82, 2.24) is 10.6 Å². The van der Waals surface area contributed by atoms with E-state index in [-0.39, 0.29) is 12.1 Å². The fourth-order valence-corrected chi connectivity index (χ4v) is 1.30. The van der Waals surface area contributed by atoms with Gasteiger partial charge in [-0.15, -0.1) is 0 Å². The van der Waals surface area contributed by atoms with Gasteiger partial charge in [-0.25, -0.2) is 4.79 Å². The third kappa shape index (κ3) is 4.91. The van der Waals surface area contributed by atoms with Crippen molar-refractivity contribution in [2.45, 2.75) is 26.3 Å². The van der Waals surface area contributed by atoms with Crippen LogP contribution in [0.2, 0.25) is 0 Å². The van der Waals surface area contributed by atoms with Crippen molar-refractivity contribution in [3.63, 3.8) is 0 Å². The minimum absolute atomic E-state index is 0.180. The van der Waals surface area contributed by atoms with Crippen LogP contribution in [0.1, 0.15) is 25.8 Å². The Morgan fingerprint density at radius 3 is 2.61 bits per heavy atom. The molecule has 0 spiro atoms. The van der Waals surface area contributed by atoms with Gasteiger partial charge in [-0.2, -0.15) is 0 Å². The predicted molar refractivity (Wildman–Crippen MR) is 73.4 cm³/mol. The van der Waals surface area contributed by atoms with E-state index in [9.17, 15) is 4.79 Å². The molecule has 0 saturated carbocycles. The first-order valence-electron chi connectivity index (χ1n) is 6.03. The maximum Gasteiger partial charge on any atom is 0.318 e. The van der Waals surface area contributed by atoms with Crippen LogP contribution >= 0.6 is 0 Å². The average Bonchev–Trinajstić information content (AvgIpc) is 2.39. The number of urea groups is 1. The molecule has 1 aromatic carbocycles. The summed E-state index contributed by atoms with van der Waals surface area (Å²) in [4.78, 5) is 11.4. The van der Waals surface area contributed by atoms with E-state index in [1.54, 1.807) is 13.3 Å². The standard InChI is InChI=1S/C14H20N2O2/c1-4-11(2)16-14(17)15-10-9-12-5-7-13(18-3)8-6-12/h5-11H,4H2,1-3H3,(H2,15,16,17)/b10-9+. The Kier molecular flexibility index (Phi) is 5.77. The Hall–Kier alpha value is -1.97. The van der Waals surface area contributed by atoms with Gasteiger partial charge < -0.3 is 15.4 Å². The summed E-state index contributed by atoms with van der Waals surface area (Å²) in [7, 11) is 1.63. The molecule has 0 radical (unpaired) electrons. The molecule has 98 valence electrons. The van der Waals surface area contributed by atoms with Gasteiger partial charge in [0.05, 0.1) is 7.11 Å². The van der Waals surface area contributed by atoms with Crippen molar-refractivity contribution in [1.29, 1.82) is 0 Å². The fraction of sp³-hybridized carbons (Fsp3) is 0.357. The SMILES string of the molecule is CCC(C)NC(=O)N/C=C/c1ccc(OC)cc1. The number of amides is 2. The summed E-state index contributed by atoms with van der Waals surface area (Å²) in [5.74, 6) is 0.814. The number of hydrogen-bond donors (Lipinski definition) is 2. The Morgan fingerprint density at radius 1 is 1.39 bits per heavy atom. The summed E-state index contributed by atoms with van der Waals surface area (Å²) < 4.78 is 5.06. The van der Waals surface area contributed by atoms with Gasteiger partial charge in [0.15, 0.2) is 0 Å². The second-order valence-electron chi connectivity index (χ2n) is 4.03. The Morgan fingerprint density at radius 2 is 2.06 bits per heavy atom. The zero-order valence-electron chi connectivity index (χ0n) is 11.1. The molecule has 2 amide bonds. The van der Waals surface area contributed by atoms with Gasteiger partial charge in [0, 0.05) is 12.2 Å². The quantitative estimate of drug-likeness (QED) is 0.841. The molecular formula is C14H20N2O2. The number of nitrogens with one attached hydrogen (secondary N) is 2. The number of carbonyl (C=O) groups is 1. The van der Waals surface area contributed by atoms with Crippen LogP contribution in [0.4, 0.5) is 4.79 Å². The highest BCUT2D eigenvalue weighted by Gasteiger charge is 2.01. The Labute approximate surface area is 108 Å². The lowest BCUT2D eigenvalue weighted by Crippen LogP contribution is -2.38. The summed E-state index contributed by atoms with van der Waals surface area (Å²) in [5, 5.41) is 5.48. The molecule has 1 atom stereocenters. The van der Waals surface area contributed by atoms with Gasteiger partial charge in [0.1, 0.15) is 5.75 Å². The summed E-state index contributed by atoms with van der Waals surface area (Å²) in [6.07, 6.45) is 4.37. The largest absolute Gasteiger partial charge is 0.497 e. The first-order valence-corrected chi connectivity index (χ1v) is 6.03. The molecule has 0 saturated heterocycles. The van der Waals surface area contributed by atoms with Crippen molar-refractivity contribution in [3.8, 4) is 5.75 Å². The number of hydrogen-bond acceptors (Lipinski definition) is 2. The minimum atomic E-state index is -0.186. The molecule has 4 nitrogen and oxygen atoms in total. The molecule has 0 aliphatic carbocycles. The van der Waals surface area contributed by atoms with Crippen molar-refractivity contribution in [2.75, 3.05) is 7.11 Å². The van der Waals surface area contributed by atoms with E-state index in [0.717, 1.165) is 17.7 Å². The van der Waals surface area contributed by atoms with E-state index in [1.165, 1.54) is 0 Å².